The first kappa shape index (κ1) is 14.2. The number of rotatable bonds is 4. The molecule has 0 atom stereocenters. The molecule has 0 unspecified atom stereocenters. The molecule has 0 aromatic carbocycles. The number of aliphatic imine (C=N–C) groups is 1. The highest BCUT2D eigenvalue weighted by Crippen LogP contribution is 2.30. The molecule has 0 radical (unpaired) electrons. The first-order chi connectivity index (χ1) is 9.81. The van der Waals surface area contributed by atoms with E-state index < -0.39 is 0 Å². The van der Waals surface area contributed by atoms with Crippen LogP contribution in [0, 0.1) is 5.92 Å². The highest BCUT2D eigenvalue weighted by Gasteiger charge is 2.31. The Labute approximate surface area is 123 Å². The molecule has 3 aliphatic rings. The van der Waals surface area contributed by atoms with E-state index >= 15 is 0 Å². The Kier molecular flexibility index (Phi) is 4.81. The predicted octanol–water partition coefficient (Wildman–Crippen LogP) is 2.10. The van der Waals surface area contributed by atoms with Gasteiger partial charge >= 0.3 is 0 Å². The van der Waals surface area contributed by atoms with Crippen molar-refractivity contribution in [3.63, 3.8) is 0 Å². The smallest absolute Gasteiger partial charge is 0.188 e. The van der Waals surface area contributed by atoms with Crippen molar-refractivity contribution in [3.8, 4) is 0 Å². The zero-order valence-corrected chi connectivity index (χ0v) is 12.7. The van der Waals surface area contributed by atoms with E-state index in [0.29, 0.717) is 12.0 Å². The number of guanidine groups is 1. The molecule has 0 spiro atoms. The highest BCUT2D eigenvalue weighted by atomic mass is 15.2. The summed E-state index contributed by atoms with van der Waals surface area (Å²) in [6, 6.07) is 1.50. The minimum atomic E-state index is 0.573. The van der Waals surface area contributed by atoms with Crippen LogP contribution in [0.1, 0.15) is 57.8 Å². The van der Waals surface area contributed by atoms with E-state index in [1.54, 1.807) is 0 Å². The summed E-state index contributed by atoms with van der Waals surface area (Å²) in [5.74, 6) is 1.43. The van der Waals surface area contributed by atoms with Gasteiger partial charge in [0.1, 0.15) is 0 Å². The lowest BCUT2D eigenvalue weighted by molar-refractivity contribution is 0.179. The second-order valence-corrected chi connectivity index (χ2v) is 6.92. The van der Waals surface area contributed by atoms with Gasteiger partial charge in [-0.3, -0.25) is 4.99 Å². The molecule has 4 heteroatoms. The maximum atomic E-state index is 6.04. The van der Waals surface area contributed by atoms with Gasteiger partial charge in [-0.2, -0.15) is 0 Å². The largest absolute Gasteiger partial charge is 0.370 e. The second kappa shape index (κ2) is 6.79. The number of nitrogens with zero attached hydrogens (tertiary/aromatic N) is 2. The van der Waals surface area contributed by atoms with Gasteiger partial charge in [-0.15, -0.1) is 0 Å². The van der Waals surface area contributed by atoms with Crippen molar-refractivity contribution in [2.75, 3.05) is 19.6 Å². The van der Waals surface area contributed by atoms with Crippen LogP contribution in [0.4, 0.5) is 0 Å². The minimum absolute atomic E-state index is 0.573. The van der Waals surface area contributed by atoms with E-state index in [4.69, 9.17) is 5.73 Å². The third kappa shape index (κ3) is 4.11. The predicted molar refractivity (Wildman–Crippen MR) is 83.8 cm³/mol. The number of hydrogen-bond acceptors (Lipinski definition) is 2. The molecular weight excluding hydrogens is 248 g/mol. The van der Waals surface area contributed by atoms with Crippen LogP contribution >= 0.6 is 0 Å². The second-order valence-electron chi connectivity index (χ2n) is 6.92. The molecular formula is C16H30N4. The first-order valence-corrected chi connectivity index (χ1v) is 8.62. The summed E-state index contributed by atoms with van der Waals surface area (Å²) in [7, 11) is 0. The van der Waals surface area contributed by atoms with Gasteiger partial charge in [0.2, 0.25) is 0 Å². The van der Waals surface area contributed by atoms with Gasteiger partial charge in [0, 0.05) is 18.6 Å². The molecule has 1 aliphatic heterocycles. The van der Waals surface area contributed by atoms with Crippen LogP contribution in [0.3, 0.4) is 0 Å². The van der Waals surface area contributed by atoms with Crippen molar-refractivity contribution in [3.05, 3.63) is 0 Å². The average Bonchev–Trinajstić information content (AvgIpc) is 3.31. The van der Waals surface area contributed by atoms with Crippen molar-refractivity contribution in [2.24, 2.45) is 16.6 Å². The van der Waals surface area contributed by atoms with Gasteiger partial charge in [-0.25, -0.2) is 0 Å². The van der Waals surface area contributed by atoms with Gasteiger partial charge in [0.05, 0.1) is 0 Å². The fraction of sp³-hybridized carbons (Fsp3) is 0.938. The Bertz CT molecular complexity index is 323. The van der Waals surface area contributed by atoms with Gasteiger partial charge in [0.15, 0.2) is 5.96 Å². The molecule has 0 bridgehead atoms. The molecule has 4 nitrogen and oxygen atoms in total. The lowest BCUT2D eigenvalue weighted by atomic mass is 9.95. The zero-order chi connectivity index (χ0) is 13.8. The quantitative estimate of drug-likeness (QED) is 0.611. The molecule has 2 aliphatic carbocycles. The Hall–Kier alpha value is -0.770. The van der Waals surface area contributed by atoms with Crippen molar-refractivity contribution in [1.82, 2.24) is 10.2 Å². The topological polar surface area (TPSA) is 53.6 Å². The van der Waals surface area contributed by atoms with Crippen molar-refractivity contribution < 1.29 is 0 Å². The van der Waals surface area contributed by atoms with E-state index in [1.165, 1.54) is 70.9 Å². The Morgan fingerprint density at radius 3 is 2.35 bits per heavy atom. The van der Waals surface area contributed by atoms with Gasteiger partial charge in [-0.05, 0) is 57.5 Å². The number of nitrogens with one attached hydrogen (secondary N) is 1. The molecule has 3 fully saturated rings. The summed E-state index contributed by atoms with van der Waals surface area (Å²) in [5.41, 5.74) is 6.04. The van der Waals surface area contributed by atoms with Gasteiger partial charge in [-0.1, -0.05) is 19.3 Å². The standard InChI is InChI=1S/C16H30N4/c17-16(19-14-4-2-1-3-5-14)18-12-13-8-10-20(11-9-13)15-6-7-15/h13-15H,1-12H2,(H3,17,18,19). The van der Waals surface area contributed by atoms with Crippen LogP contribution in [-0.2, 0) is 0 Å². The van der Waals surface area contributed by atoms with E-state index in [9.17, 15) is 0 Å². The normalized spacial score (nSPS) is 27.7. The molecule has 0 amide bonds. The third-order valence-electron chi connectivity index (χ3n) is 5.19. The summed E-state index contributed by atoms with van der Waals surface area (Å²) in [5, 5.41) is 3.41. The van der Waals surface area contributed by atoms with Crippen LogP contribution in [0.25, 0.3) is 0 Å². The Morgan fingerprint density at radius 2 is 1.70 bits per heavy atom. The van der Waals surface area contributed by atoms with E-state index in [2.05, 4.69) is 15.2 Å². The van der Waals surface area contributed by atoms with Crippen LogP contribution in [-0.4, -0.2) is 42.6 Å². The number of likely N-dealkylation sites (tertiary alicyclic amines) is 1. The maximum Gasteiger partial charge on any atom is 0.188 e. The van der Waals surface area contributed by atoms with Crippen molar-refractivity contribution >= 4 is 5.96 Å². The molecule has 2 saturated carbocycles. The molecule has 1 heterocycles. The summed E-state index contributed by atoms with van der Waals surface area (Å²) in [6.45, 7) is 3.48. The number of hydrogen-bond donors (Lipinski definition) is 2. The summed E-state index contributed by atoms with van der Waals surface area (Å²) in [4.78, 5) is 7.26. The SMILES string of the molecule is NC(=NCC1CCN(C2CC2)CC1)NC1CCCCC1. The first-order valence-electron chi connectivity index (χ1n) is 8.62. The fourth-order valence-corrected chi connectivity index (χ4v) is 3.67. The Balaban J connectivity index is 1.35. The average molecular weight is 278 g/mol. The maximum absolute atomic E-state index is 6.04. The van der Waals surface area contributed by atoms with Crippen LogP contribution in [0.2, 0.25) is 0 Å². The molecule has 3 N–H and O–H groups in total. The van der Waals surface area contributed by atoms with Gasteiger partial charge in [0.25, 0.3) is 0 Å². The van der Waals surface area contributed by atoms with Crippen molar-refractivity contribution in [2.45, 2.75) is 69.9 Å². The third-order valence-corrected chi connectivity index (χ3v) is 5.19. The molecule has 3 rings (SSSR count). The van der Waals surface area contributed by atoms with Crippen LogP contribution in [0.5, 0.6) is 0 Å². The molecule has 20 heavy (non-hydrogen) atoms. The molecule has 1 saturated heterocycles. The fourth-order valence-electron chi connectivity index (χ4n) is 3.67. The summed E-state index contributed by atoms with van der Waals surface area (Å²) >= 11 is 0. The monoisotopic (exact) mass is 278 g/mol. The van der Waals surface area contributed by atoms with E-state index in [-0.39, 0.29) is 0 Å². The van der Waals surface area contributed by atoms with E-state index in [1.807, 2.05) is 0 Å². The minimum Gasteiger partial charge on any atom is -0.370 e. The molecule has 0 aromatic heterocycles. The van der Waals surface area contributed by atoms with Crippen LogP contribution in [0.15, 0.2) is 4.99 Å². The highest BCUT2D eigenvalue weighted by molar-refractivity contribution is 5.78. The van der Waals surface area contributed by atoms with Crippen molar-refractivity contribution in [1.29, 1.82) is 0 Å². The summed E-state index contributed by atoms with van der Waals surface area (Å²) < 4.78 is 0. The molecule has 0 aromatic rings. The lowest BCUT2D eigenvalue weighted by Crippen LogP contribution is -2.41. The number of nitrogens with two attached hydrogens (primary N) is 1. The van der Waals surface area contributed by atoms with E-state index in [0.717, 1.165) is 18.5 Å². The Morgan fingerprint density at radius 1 is 1.00 bits per heavy atom. The van der Waals surface area contributed by atoms with Gasteiger partial charge < -0.3 is 16.0 Å². The van der Waals surface area contributed by atoms with Crippen LogP contribution < -0.4 is 11.1 Å². The zero-order valence-electron chi connectivity index (χ0n) is 12.7. The number of piperidine rings is 1. The lowest BCUT2D eigenvalue weighted by Gasteiger charge is -2.31. The summed E-state index contributed by atoms with van der Waals surface area (Å²) in [6.07, 6.45) is 12.0. The molecule has 114 valence electrons.